The first-order chi connectivity index (χ1) is 14.3. The zero-order valence-corrected chi connectivity index (χ0v) is 18.3. The molecule has 3 rings (SSSR count). The summed E-state index contributed by atoms with van der Waals surface area (Å²) >= 11 is 17.8. The molecule has 10 heteroatoms. The molecular weight excluding hydrogens is 451 g/mol. The van der Waals surface area contributed by atoms with E-state index < -0.39 is 18.5 Å². The Morgan fingerprint density at radius 1 is 1.13 bits per heavy atom. The Kier molecular flexibility index (Phi) is 6.97. The third kappa shape index (κ3) is 4.92. The number of hydrogen-bond donors (Lipinski definition) is 1. The van der Waals surface area contributed by atoms with Crippen LogP contribution in [-0.2, 0) is 9.53 Å². The maximum atomic E-state index is 12.6. The third-order valence-corrected chi connectivity index (χ3v) is 5.09. The molecule has 0 aliphatic carbocycles. The van der Waals surface area contributed by atoms with Gasteiger partial charge in [0.15, 0.2) is 12.4 Å². The highest BCUT2D eigenvalue weighted by molar-refractivity contribution is 6.44. The monoisotopic (exact) mass is 466 g/mol. The number of anilines is 1. The van der Waals surface area contributed by atoms with Crippen LogP contribution >= 0.6 is 34.8 Å². The molecule has 0 saturated carbocycles. The zero-order chi connectivity index (χ0) is 21.8. The molecule has 3 aromatic rings. The second kappa shape index (κ2) is 9.47. The van der Waals surface area contributed by atoms with E-state index in [1.54, 1.807) is 23.0 Å². The number of carbonyl (C=O) groups is 2. The Morgan fingerprint density at radius 2 is 1.87 bits per heavy atom. The minimum Gasteiger partial charge on any atom is -0.452 e. The topological polar surface area (TPSA) is 86.1 Å². The number of pyridine rings is 1. The highest BCUT2D eigenvalue weighted by atomic mass is 35.5. The number of nitrogens with one attached hydrogen (secondary N) is 1. The zero-order valence-electron chi connectivity index (χ0n) is 16.0. The number of esters is 1. The van der Waals surface area contributed by atoms with Gasteiger partial charge in [-0.25, -0.2) is 14.5 Å². The summed E-state index contributed by atoms with van der Waals surface area (Å²) < 4.78 is 6.75. The molecular formula is C20H17Cl3N4O3. The lowest BCUT2D eigenvalue weighted by atomic mass is 10.1. The second-order valence-corrected chi connectivity index (χ2v) is 7.79. The largest absolute Gasteiger partial charge is 0.452 e. The Hall–Kier alpha value is -2.61. The van der Waals surface area contributed by atoms with E-state index in [0.717, 1.165) is 0 Å². The van der Waals surface area contributed by atoms with Gasteiger partial charge in [-0.1, -0.05) is 54.7 Å². The Morgan fingerprint density at radius 3 is 2.53 bits per heavy atom. The van der Waals surface area contributed by atoms with E-state index in [1.165, 1.54) is 18.3 Å². The van der Waals surface area contributed by atoms with E-state index in [2.05, 4.69) is 15.4 Å². The minimum atomic E-state index is -0.670. The predicted molar refractivity (Wildman–Crippen MR) is 116 cm³/mol. The van der Waals surface area contributed by atoms with Gasteiger partial charge < -0.3 is 10.1 Å². The molecule has 0 spiro atoms. The molecule has 1 aromatic carbocycles. The van der Waals surface area contributed by atoms with Gasteiger partial charge in [0.2, 0.25) is 0 Å². The Labute approximate surface area is 187 Å². The molecule has 0 aliphatic rings. The van der Waals surface area contributed by atoms with Crippen molar-refractivity contribution in [2.24, 2.45) is 0 Å². The van der Waals surface area contributed by atoms with Gasteiger partial charge in [0.25, 0.3) is 5.91 Å². The predicted octanol–water partition coefficient (Wildman–Crippen LogP) is 5.15. The number of halogens is 3. The lowest BCUT2D eigenvalue weighted by molar-refractivity contribution is -0.119. The van der Waals surface area contributed by atoms with Crippen LogP contribution in [0.2, 0.25) is 15.1 Å². The number of carbonyl (C=O) groups excluding carboxylic acids is 2. The van der Waals surface area contributed by atoms with Crippen molar-refractivity contribution in [1.82, 2.24) is 14.8 Å². The molecule has 7 nitrogen and oxygen atoms in total. The van der Waals surface area contributed by atoms with E-state index in [9.17, 15) is 9.59 Å². The van der Waals surface area contributed by atoms with Crippen molar-refractivity contribution >= 4 is 52.4 Å². The average Bonchev–Trinajstić information content (AvgIpc) is 3.16. The normalized spacial score (nSPS) is 10.9. The lowest BCUT2D eigenvalue weighted by Crippen LogP contribution is -2.21. The van der Waals surface area contributed by atoms with Gasteiger partial charge in [-0.15, -0.1) is 0 Å². The van der Waals surface area contributed by atoms with Crippen molar-refractivity contribution in [2.75, 3.05) is 11.9 Å². The van der Waals surface area contributed by atoms with Gasteiger partial charge in [0.05, 0.1) is 32.6 Å². The Balaban J connectivity index is 1.72. The van der Waals surface area contributed by atoms with Crippen LogP contribution in [0.5, 0.6) is 0 Å². The van der Waals surface area contributed by atoms with E-state index in [0.29, 0.717) is 11.5 Å². The number of nitrogens with zero attached hydrogens (tertiary/aromatic N) is 3. The molecule has 30 heavy (non-hydrogen) atoms. The molecule has 2 aromatic heterocycles. The van der Waals surface area contributed by atoms with Crippen molar-refractivity contribution in [3.63, 3.8) is 0 Å². The molecule has 2 heterocycles. The van der Waals surface area contributed by atoms with E-state index >= 15 is 0 Å². The number of benzene rings is 1. The van der Waals surface area contributed by atoms with Crippen LogP contribution in [0.4, 0.5) is 5.69 Å². The summed E-state index contributed by atoms with van der Waals surface area (Å²) in [6.45, 7) is 3.33. The van der Waals surface area contributed by atoms with Gasteiger partial charge in [-0.05, 0) is 30.2 Å². The summed E-state index contributed by atoms with van der Waals surface area (Å²) in [6.07, 6.45) is 3.04. The highest BCUT2D eigenvalue weighted by Crippen LogP contribution is 2.32. The molecule has 1 amide bonds. The fourth-order valence-electron chi connectivity index (χ4n) is 2.75. The van der Waals surface area contributed by atoms with Gasteiger partial charge in [0, 0.05) is 6.20 Å². The fourth-order valence-corrected chi connectivity index (χ4v) is 3.34. The van der Waals surface area contributed by atoms with Crippen LogP contribution in [0.25, 0.3) is 5.82 Å². The van der Waals surface area contributed by atoms with E-state index in [1.807, 2.05) is 19.9 Å². The van der Waals surface area contributed by atoms with Gasteiger partial charge in [0.1, 0.15) is 5.56 Å². The first-order valence-corrected chi connectivity index (χ1v) is 10.0. The van der Waals surface area contributed by atoms with Gasteiger partial charge in [-0.3, -0.25) is 4.79 Å². The van der Waals surface area contributed by atoms with Crippen molar-refractivity contribution in [1.29, 1.82) is 0 Å². The molecule has 0 bridgehead atoms. The van der Waals surface area contributed by atoms with Gasteiger partial charge in [-0.2, -0.15) is 5.10 Å². The molecule has 0 radical (unpaired) electrons. The maximum absolute atomic E-state index is 12.6. The van der Waals surface area contributed by atoms with Crippen molar-refractivity contribution < 1.29 is 14.3 Å². The van der Waals surface area contributed by atoms with Crippen LogP contribution < -0.4 is 5.32 Å². The SMILES string of the molecule is CC(C)c1c(C(=O)OCC(=O)Nc2cc(Cl)c(Cl)cc2Cl)cnn1-c1ccccn1. The molecule has 1 N–H and O–H groups in total. The van der Waals surface area contributed by atoms with Crippen molar-refractivity contribution in [3.05, 3.63) is 69.1 Å². The van der Waals surface area contributed by atoms with Crippen LogP contribution in [0.15, 0.2) is 42.7 Å². The lowest BCUT2D eigenvalue weighted by Gasteiger charge is -2.12. The second-order valence-electron chi connectivity index (χ2n) is 6.57. The summed E-state index contributed by atoms with van der Waals surface area (Å²) in [6, 6.07) is 8.22. The molecule has 0 unspecified atom stereocenters. The van der Waals surface area contributed by atoms with E-state index in [-0.39, 0.29) is 32.2 Å². The van der Waals surface area contributed by atoms with Crippen LogP contribution in [0.3, 0.4) is 0 Å². The number of ether oxygens (including phenoxy) is 1. The molecule has 0 aliphatic heterocycles. The van der Waals surface area contributed by atoms with Crippen LogP contribution in [0, 0.1) is 0 Å². The average molecular weight is 468 g/mol. The summed E-state index contributed by atoms with van der Waals surface area (Å²) in [5.74, 6) is -0.712. The smallest absolute Gasteiger partial charge is 0.342 e. The standard InChI is InChI=1S/C20H17Cl3N4O3/c1-11(2)19-12(9-25-27(19)17-5-3-4-6-24-17)20(29)30-10-18(28)26-16-8-14(22)13(21)7-15(16)23/h3-9,11H,10H2,1-2H3,(H,26,28). The molecule has 0 fully saturated rings. The fraction of sp³-hybridized carbons (Fsp3) is 0.200. The summed E-state index contributed by atoms with van der Waals surface area (Å²) in [5.41, 5.74) is 1.15. The molecule has 0 atom stereocenters. The quantitative estimate of drug-likeness (QED) is 0.400. The van der Waals surface area contributed by atoms with Crippen molar-refractivity contribution in [3.8, 4) is 5.82 Å². The van der Waals surface area contributed by atoms with Crippen LogP contribution in [-0.4, -0.2) is 33.2 Å². The van der Waals surface area contributed by atoms with Gasteiger partial charge >= 0.3 is 5.97 Å². The first-order valence-electron chi connectivity index (χ1n) is 8.88. The molecule has 156 valence electrons. The summed E-state index contributed by atoms with van der Waals surface area (Å²) in [5, 5.41) is 7.50. The summed E-state index contributed by atoms with van der Waals surface area (Å²) in [7, 11) is 0. The summed E-state index contributed by atoms with van der Waals surface area (Å²) in [4.78, 5) is 29.0. The van der Waals surface area contributed by atoms with E-state index in [4.69, 9.17) is 39.5 Å². The highest BCUT2D eigenvalue weighted by Gasteiger charge is 2.23. The number of amides is 1. The van der Waals surface area contributed by atoms with Crippen molar-refractivity contribution in [2.45, 2.75) is 19.8 Å². The number of hydrogen-bond acceptors (Lipinski definition) is 5. The Bertz CT molecular complexity index is 1080. The number of rotatable bonds is 6. The first kappa shape index (κ1) is 22.1. The number of aromatic nitrogens is 3. The molecule has 0 saturated heterocycles. The maximum Gasteiger partial charge on any atom is 0.342 e. The minimum absolute atomic E-state index is 0.0408. The van der Waals surface area contributed by atoms with Crippen LogP contribution in [0.1, 0.15) is 35.8 Å². The third-order valence-electron chi connectivity index (χ3n) is 4.06.